The molecule has 3 aromatic carbocycles. The molecule has 3 nitrogen and oxygen atoms in total. The molecule has 0 radical (unpaired) electrons. The summed E-state index contributed by atoms with van der Waals surface area (Å²) in [6.07, 6.45) is 7.40. The summed E-state index contributed by atoms with van der Waals surface area (Å²) in [5.74, 6) is 1.74. The molecule has 0 saturated heterocycles. The van der Waals surface area contributed by atoms with Crippen molar-refractivity contribution in [1.82, 2.24) is 0 Å². The van der Waals surface area contributed by atoms with Gasteiger partial charge in [0.05, 0.1) is 12.2 Å². The van der Waals surface area contributed by atoms with E-state index in [0.29, 0.717) is 6.61 Å². The second kappa shape index (κ2) is 13.1. The number of aliphatic hydroxyl groups excluding tert-OH is 1. The normalized spacial score (nSPS) is 12.8. The van der Waals surface area contributed by atoms with Gasteiger partial charge in [-0.3, -0.25) is 0 Å². The van der Waals surface area contributed by atoms with Crippen molar-refractivity contribution < 1.29 is 14.6 Å². The van der Waals surface area contributed by atoms with Gasteiger partial charge >= 0.3 is 0 Å². The molecule has 0 aliphatic rings. The van der Waals surface area contributed by atoms with Crippen LogP contribution < -0.4 is 9.47 Å². The summed E-state index contributed by atoms with van der Waals surface area (Å²) < 4.78 is 12.0. The minimum absolute atomic E-state index is 0.250. The lowest BCUT2D eigenvalue weighted by atomic mass is 10.0. The van der Waals surface area contributed by atoms with Gasteiger partial charge in [-0.05, 0) is 73.2 Å². The lowest BCUT2D eigenvalue weighted by Crippen LogP contribution is -2.11. The van der Waals surface area contributed by atoms with Gasteiger partial charge in [-0.15, -0.1) is 0 Å². The molecular formula is C30H38O3. The summed E-state index contributed by atoms with van der Waals surface area (Å²) in [5.41, 5.74) is 4.36. The summed E-state index contributed by atoms with van der Waals surface area (Å²) in [4.78, 5) is 0. The molecule has 176 valence electrons. The SMILES string of the molecule is CCCCCCCC(C)Oc1ccc(-c2ccc(COc3ccc(C(C)O)cc3)cc2)cc1. The molecule has 2 atom stereocenters. The molecule has 0 aliphatic carbocycles. The zero-order valence-electron chi connectivity index (χ0n) is 20.3. The molecule has 0 amide bonds. The Labute approximate surface area is 199 Å². The van der Waals surface area contributed by atoms with E-state index < -0.39 is 6.10 Å². The van der Waals surface area contributed by atoms with Crippen molar-refractivity contribution >= 4 is 0 Å². The summed E-state index contributed by atoms with van der Waals surface area (Å²) in [6.45, 7) is 6.68. The van der Waals surface area contributed by atoms with E-state index in [9.17, 15) is 5.11 Å². The van der Waals surface area contributed by atoms with Gasteiger partial charge in [-0.2, -0.15) is 0 Å². The number of unbranched alkanes of at least 4 members (excludes halogenated alkanes) is 4. The minimum atomic E-state index is -0.462. The van der Waals surface area contributed by atoms with Crippen LogP contribution in [-0.2, 0) is 6.61 Å². The van der Waals surface area contributed by atoms with Crippen molar-refractivity contribution in [2.45, 2.75) is 78.1 Å². The molecule has 0 aromatic heterocycles. The molecule has 3 aromatic rings. The minimum Gasteiger partial charge on any atom is -0.491 e. The number of rotatable bonds is 13. The quantitative estimate of drug-likeness (QED) is 0.269. The van der Waals surface area contributed by atoms with Crippen LogP contribution in [0, 0.1) is 0 Å². The maximum atomic E-state index is 9.60. The third kappa shape index (κ3) is 8.25. The van der Waals surface area contributed by atoms with Crippen LogP contribution in [0.3, 0.4) is 0 Å². The van der Waals surface area contributed by atoms with E-state index >= 15 is 0 Å². The van der Waals surface area contributed by atoms with Crippen molar-refractivity contribution in [3.05, 3.63) is 83.9 Å². The summed E-state index contributed by atoms with van der Waals surface area (Å²) in [5, 5.41) is 9.60. The molecule has 2 unspecified atom stereocenters. The van der Waals surface area contributed by atoms with Crippen LogP contribution in [0.15, 0.2) is 72.8 Å². The van der Waals surface area contributed by atoms with Crippen molar-refractivity contribution in [2.75, 3.05) is 0 Å². The average Bonchev–Trinajstić information content (AvgIpc) is 2.84. The molecule has 0 saturated carbocycles. The summed E-state index contributed by atoms with van der Waals surface area (Å²) in [7, 11) is 0. The second-order valence-electron chi connectivity index (χ2n) is 8.89. The van der Waals surface area contributed by atoms with Gasteiger partial charge in [0.25, 0.3) is 0 Å². The highest BCUT2D eigenvalue weighted by Crippen LogP contribution is 2.25. The Bertz CT molecular complexity index is 928. The summed E-state index contributed by atoms with van der Waals surface area (Å²) in [6, 6.07) is 24.4. The number of aliphatic hydroxyl groups is 1. The second-order valence-corrected chi connectivity index (χ2v) is 8.89. The van der Waals surface area contributed by atoms with Crippen LogP contribution in [0.5, 0.6) is 11.5 Å². The van der Waals surface area contributed by atoms with Crippen molar-refractivity contribution in [3.8, 4) is 22.6 Å². The monoisotopic (exact) mass is 446 g/mol. The molecule has 0 spiro atoms. The fraction of sp³-hybridized carbons (Fsp3) is 0.400. The lowest BCUT2D eigenvalue weighted by molar-refractivity contribution is 0.199. The van der Waals surface area contributed by atoms with Gasteiger partial charge in [0.2, 0.25) is 0 Å². The van der Waals surface area contributed by atoms with E-state index in [1.165, 1.54) is 43.2 Å². The molecule has 1 N–H and O–H groups in total. The fourth-order valence-corrected chi connectivity index (χ4v) is 3.86. The van der Waals surface area contributed by atoms with Crippen molar-refractivity contribution in [2.24, 2.45) is 0 Å². The Hall–Kier alpha value is -2.78. The fourth-order valence-electron chi connectivity index (χ4n) is 3.86. The van der Waals surface area contributed by atoms with E-state index in [4.69, 9.17) is 9.47 Å². The molecule has 3 rings (SSSR count). The van der Waals surface area contributed by atoms with Gasteiger partial charge in [-0.1, -0.05) is 81.1 Å². The van der Waals surface area contributed by atoms with E-state index in [-0.39, 0.29) is 6.10 Å². The Morgan fingerprint density at radius 3 is 1.88 bits per heavy atom. The van der Waals surface area contributed by atoms with E-state index in [1.54, 1.807) is 6.92 Å². The maximum absolute atomic E-state index is 9.60. The molecular weight excluding hydrogens is 408 g/mol. The zero-order valence-corrected chi connectivity index (χ0v) is 20.3. The molecule has 33 heavy (non-hydrogen) atoms. The van der Waals surface area contributed by atoms with E-state index in [0.717, 1.165) is 29.0 Å². The third-order valence-corrected chi connectivity index (χ3v) is 5.96. The molecule has 0 fully saturated rings. The third-order valence-electron chi connectivity index (χ3n) is 5.96. The highest BCUT2D eigenvalue weighted by Gasteiger charge is 2.06. The first-order valence-electron chi connectivity index (χ1n) is 12.3. The van der Waals surface area contributed by atoms with Crippen LogP contribution in [0.2, 0.25) is 0 Å². The van der Waals surface area contributed by atoms with Gasteiger partial charge in [0, 0.05) is 0 Å². The highest BCUT2D eigenvalue weighted by atomic mass is 16.5. The molecule has 0 heterocycles. The Morgan fingerprint density at radius 2 is 1.27 bits per heavy atom. The topological polar surface area (TPSA) is 38.7 Å². The lowest BCUT2D eigenvalue weighted by Gasteiger charge is -2.15. The smallest absolute Gasteiger partial charge is 0.119 e. The van der Waals surface area contributed by atoms with Crippen LogP contribution >= 0.6 is 0 Å². The highest BCUT2D eigenvalue weighted by molar-refractivity contribution is 5.64. The van der Waals surface area contributed by atoms with Gasteiger partial charge in [0.15, 0.2) is 0 Å². The number of hydrogen-bond donors (Lipinski definition) is 1. The van der Waals surface area contributed by atoms with Gasteiger partial charge in [0.1, 0.15) is 18.1 Å². The van der Waals surface area contributed by atoms with E-state index in [2.05, 4.69) is 62.4 Å². The summed E-state index contributed by atoms with van der Waals surface area (Å²) >= 11 is 0. The zero-order chi connectivity index (χ0) is 23.5. The Kier molecular flexibility index (Phi) is 9.83. The first-order chi connectivity index (χ1) is 16.0. The van der Waals surface area contributed by atoms with Crippen LogP contribution in [0.25, 0.3) is 11.1 Å². The predicted molar refractivity (Wildman–Crippen MR) is 137 cm³/mol. The van der Waals surface area contributed by atoms with Crippen molar-refractivity contribution in [1.29, 1.82) is 0 Å². The van der Waals surface area contributed by atoms with E-state index in [1.807, 2.05) is 24.3 Å². The maximum Gasteiger partial charge on any atom is 0.119 e. The number of benzene rings is 3. The van der Waals surface area contributed by atoms with Crippen LogP contribution in [0.4, 0.5) is 0 Å². The molecule has 0 bridgehead atoms. The number of ether oxygens (including phenoxy) is 2. The Morgan fingerprint density at radius 1 is 0.697 bits per heavy atom. The van der Waals surface area contributed by atoms with Crippen LogP contribution in [0.1, 0.15) is 76.5 Å². The molecule has 3 heteroatoms. The first kappa shape index (κ1) is 24.9. The van der Waals surface area contributed by atoms with Gasteiger partial charge in [-0.25, -0.2) is 0 Å². The Balaban J connectivity index is 1.47. The first-order valence-corrected chi connectivity index (χ1v) is 12.3. The molecule has 0 aliphatic heterocycles. The van der Waals surface area contributed by atoms with Gasteiger partial charge < -0.3 is 14.6 Å². The largest absolute Gasteiger partial charge is 0.491 e. The predicted octanol–water partition coefficient (Wildman–Crippen LogP) is 8.11. The average molecular weight is 447 g/mol. The van der Waals surface area contributed by atoms with Crippen LogP contribution in [-0.4, -0.2) is 11.2 Å². The van der Waals surface area contributed by atoms with Crippen molar-refractivity contribution in [3.63, 3.8) is 0 Å². The standard InChI is InChI=1S/C30H38O3/c1-4-5-6-7-8-9-23(2)33-30-20-16-28(17-21-30)27-12-10-25(11-13-27)22-32-29-18-14-26(15-19-29)24(3)31/h10-21,23-24,31H,4-9,22H2,1-3H3. The number of hydrogen-bond acceptors (Lipinski definition) is 3.